The highest BCUT2D eigenvalue weighted by atomic mass is 28.4. The topological polar surface area (TPSA) is 72.5 Å². The zero-order valence-corrected chi connectivity index (χ0v) is 30.6. The van der Waals surface area contributed by atoms with Gasteiger partial charge in [-0.25, -0.2) is 4.79 Å². The maximum Gasteiger partial charge on any atom is 0.373 e. The number of methoxy groups -OCH3 is 3. The van der Waals surface area contributed by atoms with Crippen molar-refractivity contribution in [2.75, 3.05) is 27.9 Å². The molecule has 1 fully saturated rings. The summed E-state index contributed by atoms with van der Waals surface area (Å²) in [6.45, 7) is 24.5. The predicted octanol–water partition coefficient (Wildman–Crippen LogP) is 8.38. The first kappa shape index (κ1) is 39.3. The van der Waals surface area contributed by atoms with E-state index in [0.717, 1.165) is 24.1 Å². The van der Waals surface area contributed by atoms with E-state index in [2.05, 4.69) is 79.7 Å². The maximum absolute atomic E-state index is 12.1. The second-order valence-electron chi connectivity index (χ2n) is 13.0. The van der Waals surface area contributed by atoms with Gasteiger partial charge in [0.25, 0.3) is 0 Å². The van der Waals surface area contributed by atoms with E-state index in [9.17, 15) is 4.79 Å². The molecule has 0 aromatic rings. The lowest BCUT2D eigenvalue weighted by molar-refractivity contribution is -0.303. The highest BCUT2D eigenvalue weighted by Crippen LogP contribution is 2.36. The molecule has 7 nitrogen and oxygen atoms in total. The number of allylic oxidation sites excluding steroid dienone is 5. The molecule has 6 atom stereocenters. The summed E-state index contributed by atoms with van der Waals surface area (Å²) in [6, 6.07) is 2.16. The summed E-state index contributed by atoms with van der Waals surface area (Å²) in [5, 5.41) is 0. The van der Waals surface area contributed by atoms with Crippen molar-refractivity contribution < 1.29 is 32.9 Å². The van der Waals surface area contributed by atoms with Crippen LogP contribution < -0.4 is 0 Å². The Morgan fingerprint density at radius 2 is 1.67 bits per heavy atom. The fraction of sp³-hybridized carbons (Fsp3) is 0.743. The van der Waals surface area contributed by atoms with Crippen molar-refractivity contribution in [3.8, 4) is 0 Å². The summed E-state index contributed by atoms with van der Waals surface area (Å²) in [7, 11) is 2.59. The molecular formula is C35H62O7Si. The van der Waals surface area contributed by atoms with Crippen LogP contribution in [0, 0.1) is 17.8 Å². The van der Waals surface area contributed by atoms with Crippen LogP contribution in [-0.4, -0.2) is 66.3 Å². The van der Waals surface area contributed by atoms with E-state index in [1.165, 1.54) is 19.8 Å². The van der Waals surface area contributed by atoms with Crippen molar-refractivity contribution in [2.24, 2.45) is 17.8 Å². The van der Waals surface area contributed by atoms with Gasteiger partial charge >= 0.3 is 5.97 Å². The Hall–Kier alpha value is -1.71. The lowest BCUT2D eigenvalue weighted by atomic mass is 9.87. The fourth-order valence-corrected chi connectivity index (χ4v) is 9.81. The van der Waals surface area contributed by atoms with Crippen molar-refractivity contribution in [1.29, 1.82) is 0 Å². The minimum absolute atomic E-state index is 0.0270. The van der Waals surface area contributed by atoms with Crippen molar-refractivity contribution in [3.05, 3.63) is 47.3 Å². The van der Waals surface area contributed by atoms with Gasteiger partial charge in [-0.05, 0) is 69.7 Å². The number of hydrogen-bond acceptors (Lipinski definition) is 7. The minimum Gasteiger partial charge on any atom is -0.490 e. The minimum atomic E-state index is -1.97. The standard InChI is InChI=1S/C35H62O7Si/c1-15-43(16-2,24(3)4)42-32(28(8)21-26(6)22-31(38-13)34(36)39-14)27(7)20-25(5)18-17-19-30(37-12)33-29(9)23-40-35(10,11)41-33/h17-19,21-22,24,27-30,32-33H,15-16,20,23H2,1-14H3/b19-17+,25-18+,26-21+,31-22+/t27-,28+,29-,30-,32-,33+/m0/s1. The Morgan fingerprint density at radius 1 is 1.05 bits per heavy atom. The Balaban J connectivity index is 3.25. The molecule has 1 saturated heterocycles. The zero-order chi connectivity index (χ0) is 33.0. The molecule has 248 valence electrons. The van der Waals surface area contributed by atoms with Crippen molar-refractivity contribution in [2.45, 2.75) is 124 Å². The average Bonchev–Trinajstić information content (AvgIpc) is 2.95. The molecule has 0 saturated carbocycles. The van der Waals surface area contributed by atoms with Crippen molar-refractivity contribution in [1.82, 2.24) is 0 Å². The molecule has 0 amide bonds. The molecule has 0 spiro atoms. The number of carbonyl (C=O) groups is 1. The second kappa shape index (κ2) is 18.3. The van der Waals surface area contributed by atoms with Gasteiger partial charge in [0.1, 0.15) is 6.10 Å². The molecule has 0 unspecified atom stereocenters. The zero-order valence-electron chi connectivity index (χ0n) is 29.6. The van der Waals surface area contributed by atoms with Crippen LogP contribution in [0.15, 0.2) is 47.3 Å². The van der Waals surface area contributed by atoms with Crippen molar-refractivity contribution >= 4 is 14.3 Å². The van der Waals surface area contributed by atoms with E-state index >= 15 is 0 Å². The molecule has 1 aliphatic rings. The first-order valence-electron chi connectivity index (χ1n) is 16.0. The fourth-order valence-electron chi connectivity index (χ4n) is 6.09. The smallest absolute Gasteiger partial charge is 0.373 e. The number of ether oxygens (including phenoxy) is 5. The van der Waals surface area contributed by atoms with E-state index in [1.54, 1.807) is 13.2 Å². The largest absolute Gasteiger partial charge is 0.490 e. The van der Waals surface area contributed by atoms with Crippen LogP contribution in [0.2, 0.25) is 17.6 Å². The van der Waals surface area contributed by atoms with Gasteiger partial charge in [-0.15, -0.1) is 0 Å². The molecule has 0 aromatic heterocycles. The summed E-state index contributed by atoms with van der Waals surface area (Å²) in [5.74, 6) is -0.287. The van der Waals surface area contributed by atoms with Gasteiger partial charge in [0.2, 0.25) is 5.76 Å². The van der Waals surface area contributed by atoms with Crippen LogP contribution in [0.4, 0.5) is 0 Å². The molecule has 0 radical (unpaired) electrons. The molecule has 1 aliphatic heterocycles. The van der Waals surface area contributed by atoms with Gasteiger partial charge in [0.05, 0.1) is 33.0 Å². The van der Waals surface area contributed by atoms with Crippen molar-refractivity contribution in [3.63, 3.8) is 0 Å². The Kier molecular flexibility index (Phi) is 16.7. The van der Waals surface area contributed by atoms with E-state index in [0.29, 0.717) is 12.1 Å². The van der Waals surface area contributed by atoms with E-state index < -0.39 is 20.1 Å². The normalized spacial score (nSPS) is 23.3. The van der Waals surface area contributed by atoms with Crippen LogP contribution in [0.25, 0.3) is 0 Å². The van der Waals surface area contributed by atoms with Gasteiger partial charge in [-0.1, -0.05) is 83.9 Å². The second-order valence-corrected chi connectivity index (χ2v) is 18.0. The summed E-state index contributed by atoms with van der Waals surface area (Å²) in [6.07, 6.45) is 11.0. The third-order valence-corrected chi connectivity index (χ3v) is 14.0. The summed E-state index contributed by atoms with van der Waals surface area (Å²) in [5.41, 5.74) is 2.73. The Bertz CT molecular complexity index is 977. The lowest BCUT2D eigenvalue weighted by Gasteiger charge is -2.42. The summed E-state index contributed by atoms with van der Waals surface area (Å²) >= 11 is 0. The molecular weight excluding hydrogens is 560 g/mol. The number of rotatable bonds is 17. The summed E-state index contributed by atoms with van der Waals surface area (Å²) in [4.78, 5) is 12.1. The first-order chi connectivity index (χ1) is 20.1. The number of carbonyl (C=O) groups excluding carboxylic acids is 1. The third kappa shape index (κ3) is 12.0. The summed E-state index contributed by atoms with van der Waals surface area (Å²) < 4.78 is 35.2. The van der Waals surface area contributed by atoms with Gasteiger partial charge in [0.15, 0.2) is 14.1 Å². The van der Waals surface area contributed by atoms with Crippen LogP contribution in [0.3, 0.4) is 0 Å². The molecule has 1 heterocycles. The molecule has 0 N–H and O–H groups in total. The predicted molar refractivity (Wildman–Crippen MR) is 178 cm³/mol. The molecule has 1 rings (SSSR count). The highest BCUT2D eigenvalue weighted by molar-refractivity contribution is 6.75. The van der Waals surface area contributed by atoms with E-state index in [-0.39, 0.29) is 41.8 Å². The van der Waals surface area contributed by atoms with Crippen LogP contribution in [-0.2, 0) is 32.9 Å². The monoisotopic (exact) mass is 622 g/mol. The van der Waals surface area contributed by atoms with E-state index in [1.807, 2.05) is 20.8 Å². The van der Waals surface area contributed by atoms with Crippen LogP contribution in [0.5, 0.6) is 0 Å². The first-order valence-corrected chi connectivity index (χ1v) is 18.4. The van der Waals surface area contributed by atoms with Crippen LogP contribution in [0.1, 0.15) is 82.6 Å². The molecule has 8 heteroatoms. The van der Waals surface area contributed by atoms with Gasteiger partial charge in [-0.2, -0.15) is 0 Å². The van der Waals surface area contributed by atoms with Crippen LogP contribution >= 0.6 is 0 Å². The number of hydrogen-bond donors (Lipinski definition) is 0. The lowest BCUT2D eigenvalue weighted by Crippen LogP contribution is -2.49. The maximum atomic E-state index is 12.1. The Labute approximate surface area is 264 Å². The molecule has 0 aliphatic carbocycles. The van der Waals surface area contributed by atoms with Gasteiger partial charge in [-0.3, -0.25) is 0 Å². The third-order valence-electron chi connectivity index (χ3n) is 8.79. The van der Waals surface area contributed by atoms with Gasteiger partial charge < -0.3 is 28.1 Å². The highest BCUT2D eigenvalue weighted by Gasteiger charge is 2.40. The van der Waals surface area contributed by atoms with Gasteiger partial charge in [0, 0.05) is 13.0 Å². The SMILES string of the molecule is CC[Si](CC)(O[C@H]([C@H](C)/C=C(C)/C=C(/OC)C(=O)OC)[C@@H](C)C/C(C)=C/C=C/[C@H](OC)[C@@H]1OC(C)(C)OC[C@@H]1C)C(C)C. The molecule has 0 bridgehead atoms. The molecule has 43 heavy (non-hydrogen) atoms. The quantitative estimate of drug-likeness (QED) is 0.0530. The average molecular weight is 623 g/mol. The van der Waals surface area contributed by atoms with E-state index in [4.69, 9.17) is 28.1 Å². The number of esters is 1. The molecule has 0 aromatic carbocycles. The Morgan fingerprint density at radius 3 is 2.19 bits per heavy atom.